The van der Waals surface area contributed by atoms with Crippen molar-refractivity contribution in [1.82, 2.24) is 5.32 Å². The van der Waals surface area contributed by atoms with E-state index < -0.39 is 0 Å². The molecule has 6 heteroatoms. The van der Waals surface area contributed by atoms with Crippen LogP contribution in [-0.4, -0.2) is 4.92 Å². The molecule has 0 saturated carbocycles. The summed E-state index contributed by atoms with van der Waals surface area (Å²) in [5.74, 6) is 0. The van der Waals surface area contributed by atoms with Crippen LogP contribution in [0.15, 0.2) is 46.9 Å². The van der Waals surface area contributed by atoms with E-state index in [4.69, 9.17) is 11.6 Å². The second-order valence-electron chi connectivity index (χ2n) is 4.65. The van der Waals surface area contributed by atoms with E-state index in [1.54, 1.807) is 12.1 Å². The fourth-order valence-corrected chi connectivity index (χ4v) is 2.78. The van der Waals surface area contributed by atoms with Crippen molar-refractivity contribution in [3.63, 3.8) is 0 Å². The first-order valence-corrected chi connectivity index (χ1v) is 7.56. The van der Waals surface area contributed by atoms with Crippen molar-refractivity contribution >= 4 is 33.2 Å². The normalized spacial score (nSPS) is 12.1. The highest BCUT2D eigenvalue weighted by Crippen LogP contribution is 2.25. The predicted octanol–water partition coefficient (Wildman–Crippen LogP) is 4.86. The van der Waals surface area contributed by atoms with E-state index in [2.05, 4.69) is 21.2 Å². The number of hydrogen-bond donors (Lipinski definition) is 1. The Morgan fingerprint density at radius 2 is 2.05 bits per heavy atom. The molecule has 2 aromatic rings. The summed E-state index contributed by atoms with van der Waals surface area (Å²) in [7, 11) is 0. The van der Waals surface area contributed by atoms with Crippen molar-refractivity contribution < 1.29 is 4.92 Å². The largest absolute Gasteiger partial charge is 0.306 e. The molecule has 4 nitrogen and oxygen atoms in total. The van der Waals surface area contributed by atoms with Crippen LogP contribution in [0.25, 0.3) is 0 Å². The minimum Gasteiger partial charge on any atom is -0.306 e. The number of benzene rings is 2. The van der Waals surface area contributed by atoms with Gasteiger partial charge in [0, 0.05) is 33.7 Å². The minimum atomic E-state index is -0.371. The lowest BCUT2D eigenvalue weighted by molar-refractivity contribution is -0.385. The summed E-state index contributed by atoms with van der Waals surface area (Å²) in [6, 6.07) is 12.5. The van der Waals surface area contributed by atoms with E-state index in [0.717, 1.165) is 10.0 Å². The zero-order chi connectivity index (χ0) is 15.4. The number of hydrogen-bond acceptors (Lipinski definition) is 3. The molecule has 0 fully saturated rings. The highest BCUT2D eigenvalue weighted by atomic mass is 79.9. The number of halogens is 2. The molecule has 2 aromatic carbocycles. The maximum Gasteiger partial charge on any atom is 0.273 e. The molecule has 0 radical (unpaired) electrons. The van der Waals surface area contributed by atoms with Gasteiger partial charge >= 0.3 is 0 Å². The second kappa shape index (κ2) is 7.02. The Hall–Kier alpha value is -1.43. The smallest absolute Gasteiger partial charge is 0.273 e. The molecule has 0 aliphatic rings. The average molecular weight is 370 g/mol. The molecule has 0 bridgehead atoms. The van der Waals surface area contributed by atoms with E-state index in [0.29, 0.717) is 17.1 Å². The Balaban J connectivity index is 2.15. The van der Waals surface area contributed by atoms with Gasteiger partial charge in [-0.25, -0.2) is 0 Å². The van der Waals surface area contributed by atoms with E-state index in [1.165, 1.54) is 6.07 Å². The third-order valence-corrected chi connectivity index (χ3v) is 4.05. The number of nitrogens with one attached hydrogen (secondary N) is 1. The summed E-state index contributed by atoms with van der Waals surface area (Å²) in [5.41, 5.74) is 1.71. The lowest BCUT2D eigenvalue weighted by Gasteiger charge is -2.15. The summed E-state index contributed by atoms with van der Waals surface area (Å²) in [4.78, 5) is 10.7. The monoisotopic (exact) mass is 368 g/mol. The summed E-state index contributed by atoms with van der Waals surface area (Å²) in [6.45, 7) is 2.37. The van der Waals surface area contributed by atoms with Crippen LogP contribution >= 0.6 is 27.5 Å². The Labute approximate surface area is 136 Å². The highest BCUT2D eigenvalue weighted by molar-refractivity contribution is 9.10. The van der Waals surface area contributed by atoms with Gasteiger partial charge in [0.2, 0.25) is 0 Å². The van der Waals surface area contributed by atoms with Gasteiger partial charge < -0.3 is 5.32 Å². The quantitative estimate of drug-likeness (QED) is 0.605. The van der Waals surface area contributed by atoms with E-state index in [1.807, 2.05) is 31.2 Å². The molecule has 0 heterocycles. The standard InChI is InChI=1S/C15H14BrClN2O2/c1-10(13-4-2-3-5-14(13)17)18-9-11-8-12(16)6-7-15(11)19(20)21/h2-8,10,18H,9H2,1H3. The third kappa shape index (κ3) is 4.03. The van der Waals surface area contributed by atoms with Crippen molar-refractivity contribution in [1.29, 1.82) is 0 Å². The number of nitro benzene ring substituents is 1. The van der Waals surface area contributed by atoms with Crippen LogP contribution in [-0.2, 0) is 6.54 Å². The molecule has 2 rings (SSSR count). The fourth-order valence-electron chi connectivity index (χ4n) is 2.07. The van der Waals surface area contributed by atoms with Gasteiger partial charge in [-0.1, -0.05) is 45.7 Å². The fraction of sp³-hybridized carbons (Fsp3) is 0.200. The van der Waals surface area contributed by atoms with Crippen LogP contribution in [0.2, 0.25) is 5.02 Å². The van der Waals surface area contributed by atoms with Gasteiger partial charge in [-0.3, -0.25) is 10.1 Å². The van der Waals surface area contributed by atoms with Crippen LogP contribution in [0.4, 0.5) is 5.69 Å². The lowest BCUT2D eigenvalue weighted by atomic mass is 10.1. The molecule has 0 spiro atoms. The van der Waals surface area contributed by atoms with Gasteiger partial charge in [0.25, 0.3) is 5.69 Å². The predicted molar refractivity (Wildman–Crippen MR) is 87.5 cm³/mol. The molecule has 0 aliphatic carbocycles. The minimum absolute atomic E-state index is 0.00251. The molecule has 1 atom stereocenters. The van der Waals surface area contributed by atoms with Crippen LogP contribution in [0.1, 0.15) is 24.1 Å². The van der Waals surface area contributed by atoms with Gasteiger partial charge in [-0.05, 0) is 30.7 Å². The average Bonchev–Trinajstić information content (AvgIpc) is 2.45. The molecular weight excluding hydrogens is 356 g/mol. The molecular formula is C15H14BrClN2O2. The summed E-state index contributed by atoms with van der Waals surface area (Å²) < 4.78 is 0.815. The Kier molecular flexibility index (Phi) is 5.33. The third-order valence-electron chi connectivity index (χ3n) is 3.21. The van der Waals surface area contributed by atoms with Crippen molar-refractivity contribution in [3.05, 3.63) is 73.2 Å². The zero-order valence-corrected chi connectivity index (χ0v) is 13.7. The van der Waals surface area contributed by atoms with Crippen LogP contribution in [0, 0.1) is 10.1 Å². The van der Waals surface area contributed by atoms with E-state index in [-0.39, 0.29) is 16.7 Å². The van der Waals surface area contributed by atoms with Gasteiger partial charge in [-0.2, -0.15) is 0 Å². The Morgan fingerprint density at radius 3 is 2.71 bits per heavy atom. The lowest BCUT2D eigenvalue weighted by Crippen LogP contribution is -2.19. The number of nitro groups is 1. The van der Waals surface area contributed by atoms with E-state index in [9.17, 15) is 10.1 Å². The molecule has 0 amide bonds. The van der Waals surface area contributed by atoms with Gasteiger partial charge in [0.1, 0.15) is 0 Å². The summed E-state index contributed by atoms with van der Waals surface area (Å²) in [6.07, 6.45) is 0. The first-order valence-electron chi connectivity index (χ1n) is 6.39. The van der Waals surface area contributed by atoms with Crippen LogP contribution < -0.4 is 5.32 Å². The summed E-state index contributed by atoms with van der Waals surface area (Å²) in [5, 5.41) is 15.0. The van der Waals surface area contributed by atoms with Gasteiger partial charge in [0.05, 0.1) is 4.92 Å². The first-order chi connectivity index (χ1) is 9.99. The Morgan fingerprint density at radius 1 is 1.33 bits per heavy atom. The first kappa shape index (κ1) is 15.9. The molecule has 0 saturated heterocycles. The van der Waals surface area contributed by atoms with Crippen molar-refractivity contribution in [2.45, 2.75) is 19.5 Å². The molecule has 21 heavy (non-hydrogen) atoms. The SMILES string of the molecule is CC(NCc1cc(Br)ccc1[N+](=O)[O-])c1ccccc1Cl. The van der Waals surface area contributed by atoms with Crippen LogP contribution in [0.3, 0.4) is 0 Å². The zero-order valence-electron chi connectivity index (χ0n) is 11.3. The molecule has 1 N–H and O–H groups in total. The van der Waals surface area contributed by atoms with Crippen molar-refractivity contribution in [3.8, 4) is 0 Å². The Bertz CT molecular complexity index is 664. The molecule has 0 aliphatic heterocycles. The van der Waals surface area contributed by atoms with Gasteiger partial charge in [-0.15, -0.1) is 0 Å². The van der Waals surface area contributed by atoms with Crippen molar-refractivity contribution in [2.75, 3.05) is 0 Å². The van der Waals surface area contributed by atoms with Gasteiger partial charge in [0.15, 0.2) is 0 Å². The maximum atomic E-state index is 11.0. The second-order valence-corrected chi connectivity index (χ2v) is 5.98. The van der Waals surface area contributed by atoms with Crippen LogP contribution in [0.5, 0.6) is 0 Å². The maximum absolute atomic E-state index is 11.0. The van der Waals surface area contributed by atoms with Crippen molar-refractivity contribution in [2.24, 2.45) is 0 Å². The molecule has 1 unspecified atom stereocenters. The number of nitrogens with zero attached hydrogens (tertiary/aromatic N) is 1. The summed E-state index contributed by atoms with van der Waals surface area (Å²) >= 11 is 9.49. The van der Waals surface area contributed by atoms with E-state index >= 15 is 0 Å². The molecule has 0 aromatic heterocycles. The topological polar surface area (TPSA) is 55.2 Å². The highest BCUT2D eigenvalue weighted by Gasteiger charge is 2.15. The molecule has 110 valence electrons. The number of rotatable bonds is 5.